The molecule has 3 N–H and O–H groups in total. The Balaban J connectivity index is 0.000000167. The van der Waals surface area contributed by atoms with Gasteiger partial charge in [-0.2, -0.15) is 0 Å². The van der Waals surface area contributed by atoms with Gasteiger partial charge < -0.3 is 39.2 Å². The number of rotatable bonds is 7. The van der Waals surface area contributed by atoms with Crippen molar-refractivity contribution in [2.24, 2.45) is 5.92 Å². The second-order valence-electron chi connectivity index (χ2n) is 12.7. The fourth-order valence-electron chi connectivity index (χ4n) is 7.54. The first-order valence-electron chi connectivity index (χ1n) is 16.4. The number of aliphatic hydroxyl groups excluding tert-OH is 2. The number of benzene rings is 3. The number of hydrogen-bond acceptors (Lipinski definition) is 8. The molecule has 4 aliphatic rings. The van der Waals surface area contributed by atoms with Crippen molar-refractivity contribution < 1.29 is 33.9 Å². The lowest BCUT2D eigenvalue weighted by Crippen LogP contribution is -2.42. The van der Waals surface area contributed by atoms with Gasteiger partial charge in [0.05, 0.1) is 6.61 Å². The molecule has 3 aliphatic heterocycles. The molecule has 1 unspecified atom stereocenters. The van der Waals surface area contributed by atoms with Crippen molar-refractivity contribution in [1.82, 2.24) is 5.32 Å². The second-order valence-corrected chi connectivity index (χ2v) is 12.7. The molecule has 4 atom stereocenters. The first kappa shape index (κ1) is 31.5. The number of aliphatic hydroxyl groups is 2. The highest BCUT2D eigenvalue weighted by atomic mass is 16.7. The molecule has 0 radical (unpaired) electrons. The van der Waals surface area contributed by atoms with Gasteiger partial charge in [-0.15, -0.1) is 0 Å². The second kappa shape index (κ2) is 13.5. The predicted octanol–water partition coefficient (Wildman–Crippen LogP) is 6.34. The fourth-order valence-corrected chi connectivity index (χ4v) is 7.54. The van der Waals surface area contributed by atoms with Crippen molar-refractivity contribution in [1.29, 1.82) is 0 Å². The molecule has 0 saturated heterocycles. The van der Waals surface area contributed by atoms with E-state index < -0.39 is 0 Å². The molecule has 0 aromatic heterocycles. The van der Waals surface area contributed by atoms with E-state index in [1.165, 1.54) is 22.3 Å². The molecule has 0 bridgehead atoms. The Morgan fingerprint density at radius 3 is 2.07 bits per heavy atom. The molecular weight excluding hydrogens is 570 g/mol. The van der Waals surface area contributed by atoms with Crippen LogP contribution in [0.15, 0.2) is 30.3 Å². The molecule has 3 heterocycles. The highest BCUT2D eigenvalue weighted by molar-refractivity contribution is 5.65. The van der Waals surface area contributed by atoms with Gasteiger partial charge in [-0.1, -0.05) is 44.2 Å². The number of hydrogen-bond donors (Lipinski definition) is 3. The maximum absolute atomic E-state index is 9.73. The minimum absolute atomic E-state index is 0.0197. The van der Waals surface area contributed by atoms with Crippen LogP contribution in [0, 0.1) is 26.7 Å². The van der Waals surface area contributed by atoms with Gasteiger partial charge in [0.1, 0.15) is 12.4 Å². The minimum atomic E-state index is 0.0197. The Morgan fingerprint density at radius 2 is 1.42 bits per heavy atom. The van der Waals surface area contributed by atoms with E-state index in [0.717, 1.165) is 76.7 Å². The van der Waals surface area contributed by atoms with Crippen LogP contribution in [0.5, 0.6) is 28.7 Å². The molecule has 1 aliphatic carbocycles. The average molecular weight is 618 g/mol. The van der Waals surface area contributed by atoms with Crippen LogP contribution >= 0.6 is 0 Å². The lowest BCUT2D eigenvalue weighted by molar-refractivity contribution is 0.170. The van der Waals surface area contributed by atoms with Crippen molar-refractivity contribution >= 4 is 0 Å². The van der Waals surface area contributed by atoms with Crippen LogP contribution in [0.2, 0.25) is 0 Å². The van der Waals surface area contributed by atoms with Crippen LogP contribution in [0.1, 0.15) is 89.6 Å². The summed E-state index contributed by atoms with van der Waals surface area (Å²) in [7, 11) is 0. The first-order chi connectivity index (χ1) is 21.9. The fraction of sp³-hybridized carbons (Fsp3) is 0.514. The Kier molecular flexibility index (Phi) is 9.45. The lowest BCUT2D eigenvalue weighted by atomic mass is 9.73. The summed E-state index contributed by atoms with van der Waals surface area (Å²) in [4.78, 5) is 0. The standard InChI is InChI=1S/C21H25NO4.C16H22O3/c1-3-17-18-16(9-15(10-23)22-17)19(13(2)20-21(18)26-12-25-20)24-11-14-7-5-4-6-8-14;1-4-12-5-11(7-17)6-13-9(2)10(3)15-16(14(12)13)19-8-18-15/h4-8,15,17,22-23H,3,9-12H2,1-2H3;11-12,17H,4-8H2,1-3H3/t15-,17?;11-,12+/m00/s1. The Morgan fingerprint density at radius 1 is 0.756 bits per heavy atom. The summed E-state index contributed by atoms with van der Waals surface area (Å²) in [5.74, 6) is 5.27. The lowest BCUT2D eigenvalue weighted by Gasteiger charge is -2.34. The van der Waals surface area contributed by atoms with E-state index in [-0.39, 0.29) is 32.1 Å². The van der Waals surface area contributed by atoms with E-state index >= 15 is 0 Å². The van der Waals surface area contributed by atoms with Gasteiger partial charge in [0.25, 0.3) is 0 Å². The van der Waals surface area contributed by atoms with Gasteiger partial charge in [-0.3, -0.25) is 0 Å². The molecule has 3 aromatic rings. The molecule has 45 heavy (non-hydrogen) atoms. The Hall–Kier alpha value is -3.46. The van der Waals surface area contributed by atoms with Gasteiger partial charge in [-0.25, -0.2) is 0 Å². The van der Waals surface area contributed by atoms with E-state index in [4.69, 9.17) is 23.7 Å². The zero-order valence-electron chi connectivity index (χ0n) is 27.2. The Labute approximate surface area is 266 Å². The van der Waals surface area contributed by atoms with Gasteiger partial charge in [-0.05, 0) is 87.0 Å². The molecule has 242 valence electrons. The predicted molar refractivity (Wildman–Crippen MR) is 173 cm³/mol. The zero-order chi connectivity index (χ0) is 31.7. The smallest absolute Gasteiger partial charge is 0.231 e. The number of nitrogens with one attached hydrogen (secondary N) is 1. The number of fused-ring (bicyclic) bond motifs is 6. The maximum Gasteiger partial charge on any atom is 0.231 e. The van der Waals surface area contributed by atoms with Crippen molar-refractivity contribution in [2.75, 3.05) is 26.8 Å². The minimum Gasteiger partial charge on any atom is -0.488 e. The van der Waals surface area contributed by atoms with Crippen LogP contribution < -0.4 is 29.0 Å². The third-order valence-electron chi connectivity index (χ3n) is 10.0. The van der Waals surface area contributed by atoms with Gasteiger partial charge in [0.2, 0.25) is 13.6 Å². The van der Waals surface area contributed by atoms with E-state index in [2.05, 4.69) is 45.1 Å². The summed E-state index contributed by atoms with van der Waals surface area (Å²) in [5, 5.41) is 22.8. The van der Waals surface area contributed by atoms with Crippen molar-refractivity contribution in [3.63, 3.8) is 0 Å². The topological polar surface area (TPSA) is 98.6 Å². The van der Waals surface area contributed by atoms with Crippen LogP contribution in [0.3, 0.4) is 0 Å². The van der Waals surface area contributed by atoms with E-state index in [1.54, 1.807) is 0 Å². The molecule has 3 aromatic carbocycles. The Bertz CT molecular complexity index is 1520. The average Bonchev–Trinajstić information content (AvgIpc) is 3.78. The van der Waals surface area contributed by atoms with Gasteiger partial charge >= 0.3 is 0 Å². The largest absolute Gasteiger partial charge is 0.488 e. The molecule has 8 heteroatoms. The summed E-state index contributed by atoms with van der Waals surface area (Å²) in [6.07, 6.45) is 4.72. The van der Waals surface area contributed by atoms with Gasteiger partial charge in [0, 0.05) is 40.9 Å². The quantitative estimate of drug-likeness (QED) is 0.283. The highest BCUT2D eigenvalue weighted by Crippen LogP contribution is 2.52. The summed E-state index contributed by atoms with van der Waals surface area (Å²) < 4.78 is 29.3. The molecule has 8 nitrogen and oxygen atoms in total. The molecule has 0 amide bonds. The molecular formula is C37H47NO7. The molecule has 0 spiro atoms. The third kappa shape index (κ3) is 5.84. The van der Waals surface area contributed by atoms with E-state index in [0.29, 0.717) is 31.7 Å². The van der Waals surface area contributed by atoms with E-state index in [1.807, 2.05) is 25.1 Å². The van der Waals surface area contributed by atoms with Gasteiger partial charge in [0.15, 0.2) is 23.0 Å². The third-order valence-corrected chi connectivity index (χ3v) is 10.0. The highest BCUT2D eigenvalue weighted by Gasteiger charge is 2.37. The van der Waals surface area contributed by atoms with Crippen molar-refractivity contribution in [3.05, 3.63) is 74.8 Å². The van der Waals surface area contributed by atoms with E-state index in [9.17, 15) is 10.2 Å². The first-order valence-corrected chi connectivity index (χ1v) is 16.4. The van der Waals surface area contributed by atoms with Crippen LogP contribution in [0.4, 0.5) is 0 Å². The van der Waals surface area contributed by atoms with Crippen LogP contribution in [0.25, 0.3) is 0 Å². The van der Waals surface area contributed by atoms with Crippen molar-refractivity contribution in [3.8, 4) is 28.7 Å². The maximum atomic E-state index is 9.73. The summed E-state index contributed by atoms with van der Waals surface area (Å²) in [5.41, 5.74) is 9.60. The zero-order valence-corrected chi connectivity index (χ0v) is 27.2. The molecule has 0 saturated carbocycles. The van der Waals surface area contributed by atoms with Crippen molar-refractivity contribution in [2.45, 2.75) is 91.3 Å². The summed E-state index contributed by atoms with van der Waals surface area (Å²) in [6.45, 7) is 12.1. The normalized spacial score (nSPS) is 22.3. The van der Waals surface area contributed by atoms with Crippen LogP contribution in [-0.4, -0.2) is 43.1 Å². The molecule has 7 rings (SSSR count). The summed E-state index contributed by atoms with van der Waals surface area (Å²) >= 11 is 0. The molecule has 0 fully saturated rings. The SMILES string of the molecule is CCC1N[C@H](CO)Cc2c(OCc3ccccc3)c(C)c3c(c21)OCO3.CC[C@@H]1C[C@H](CO)Cc2c(C)c(C)c3c(c21)OCO3. The number of ether oxygens (including phenoxy) is 5. The monoisotopic (exact) mass is 617 g/mol. The summed E-state index contributed by atoms with van der Waals surface area (Å²) in [6, 6.07) is 10.3. The van der Waals surface area contributed by atoms with Crippen LogP contribution in [-0.2, 0) is 19.4 Å².